The van der Waals surface area contributed by atoms with Crippen LogP contribution in [0.4, 0.5) is 16.3 Å². The van der Waals surface area contributed by atoms with E-state index in [2.05, 4.69) is 32.5 Å². The van der Waals surface area contributed by atoms with Gasteiger partial charge in [-0.1, -0.05) is 12.1 Å². The van der Waals surface area contributed by atoms with Gasteiger partial charge in [0.05, 0.1) is 36.9 Å². The topological polar surface area (TPSA) is 95.5 Å². The minimum absolute atomic E-state index is 0.0324. The van der Waals surface area contributed by atoms with Crippen LogP contribution in [-0.4, -0.2) is 71.1 Å². The Labute approximate surface area is 193 Å². The van der Waals surface area contributed by atoms with Gasteiger partial charge in [-0.2, -0.15) is 0 Å². The van der Waals surface area contributed by atoms with Crippen molar-refractivity contribution in [2.24, 2.45) is 0 Å². The van der Waals surface area contributed by atoms with E-state index in [1.54, 1.807) is 25.7 Å². The smallest absolute Gasteiger partial charge is 0.322 e. The van der Waals surface area contributed by atoms with Crippen LogP contribution in [0.3, 0.4) is 0 Å². The number of rotatable bonds is 6. The lowest BCUT2D eigenvalue weighted by Crippen LogP contribution is -2.48. The van der Waals surface area contributed by atoms with Gasteiger partial charge < -0.3 is 25.2 Å². The van der Waals surface area contributed by atoms with Gasteiger partial charge in [-0.15, -0.1) is 0 Å². The highest BCUT2D eigenvalue weighted by molar-refractivity contribution is 5.91. The van der Waals surface area contributed by atoms with Crippen LogP contribution in [0.1, 0.15) is 18.5 Å². The molecule has 1 fully saturated rings. The van der Waals surface area contributed by atoms with E-state index in [0.717, 1.165) is 24.2 Å². The fourth-order valence-electron chi connectivity index (χ4n) is 3.67. The van der Waals surface area contributed by atoms with E-state index in [0.29, 0.717) is 36.0 Å². The van der Waals surface area contributed by atoms with E-state index >= 15 is 0 Å². The number of amides is 2. The van der Waals surface area contributed by atoms with E-state index in [-0.39, 0.29) is 12.1 Å². The van der Waals surface area contributed by atoms with Gasteiger partial charge in [0.25, 0.3) is 0 Å². The number of benzene rings is 1. The monoisotopic (exact) mass is 447 g/mol. The van der Waals surface area contributed by atoms with E-state index in [1.165, 1.54) is 0 Å². The number of methoxy groups -OCH3 is 1. The van der Waals surface area contributed by atoms with E-state index in [4.69, 9.17) is 9.72 Å². The van der Waals surface area contributed by atoms with Gasteiger partial charge in [-0.05, 0) is 37.7 Å². The van der Waals surface area contributed by atoms with Crippen LogP contribution in [0.15, 0.2) is 55.1 Å². The van der Waals surface area contributed by atoms with Crippen molar-refractivity contribution in [2.45, 2.75) is 13.0 Å². The molecule has 1 saturated heterocycles. The highest BCUT2D eigenvalue weighted by Gasteiger charge is 2.20. The van der Waals surface area contributed by atoms with Gasteiger partial charge in [-0.3, -0.25) is 9.97 Å². The summed E-state index contributed by atoms with van der Waals surface area (Å²) in [5.41, 5.74) is 3.23. The molecule has 0 saturated carbocycles. The molecule has 3 heterocycles. The van der Waals surface area contributed by atoms with Gasteiger partial charge in [-0.25, -0.2) is 9.78 Å². The summed E-state index contributed by atoms with van der Waals surface area (Å²) in [6.45, 7) is 5.19. The maximum absolute atomic E-state index is 12.7. The van der Waals surface area contributed by atoms with Crippen LogP contribution in [-0.2, 0) is 0 Å². The molecule has 0 bridgehead atoms. The van der Waals surface area contributed by atoms with Crippen LogP contribution in [0.2, 0.25) is 0 Å². The Morgan fingerprint density at radius 1 is 1.09 bits per heavy atom. The molecule has 2 N–H and O–H groups in total. The number of urea groups is 1. The quantitative estimate of drug-likeness (QED) is 0.597. The first kappa shape index (κ1) is 22.5. The number of aromatic nitrogens is 3. The van der Waals surface area contributed by atoms with E-state index in [9.17, 15) is 4.79 Å². The molecular weight excluding hydrogens is 418 g/mol. The normalized spacial score (nSPS) is 15.1. The molecular formula is C24H29N7O2. The van der Waals surface area contributed by atoms with Gasteiger partial charge in [0.2, 0.25) is 0 Å². The number of anilines is 2. The summed E-state index contributed by atoms with van der Waals surface area (Å²) in [7, 11) is 3.65. The number of likely N-dealkylation sites (N-methyl/N-ethyl adjacent to an activating group) is 1. The predicted molar refractivity (Wildman–Crippen MR) is 128 cm³/mol. The van der Waals surface area contributed by atoms with Gasteiger partial charge >= 0.3 is 6.03 Å². The minimum atomic E-state index is -0.121. The lowest BCUT2D eigenvalue weighted by Gasteiger charge is -2.32. The second-order valence-electron chi connectivity index (χ2n) is 8.08. The molecule has 0 radical (unpaired) electrons. The Hall–Kier alpha value is -3.72. The van der Waals surface area contributed by atoms with Gasteiger partial charge in [0.15, 0.2) is 0 Å². The molecule has 1 aliphatic rings. The number of nitrogens with one attached hydrogen (secondary N) is 2. The van der Waals surface area contributed by atoms with Crippen molar-refractivity contribution in [3.05, 3.63) is 60.7 Å². The molecule has 2 aromatic heterocycles. The molecule has 33 heavy (non-hydrogen) atoms. The molecule has 1 unspecified atom stereocenters. The summed E-state index contributed by atoms with van der Waals surface area (Å²) < 4.78 is 5.55. The van der Waals surface area contributed by atoms with Crippen molar-refractivity contribution in [3.63, 3.8) is 0 Å². The zero-order chi connectivity index (χ0) is 23.2. The SMILES string of the molecule is COc1cc(-c2cncc(NC(C)c3cccnc3)n2)ccc1NC(=O)N1CCN(C)CC1. The fourth-order valence-corrected chi connectivity index (χ4v) is 3.67. The molecule has 0 spiro atoms. The van der Waals surface area contributed by atoms with Crippen molar-refractivity contribution < 1.29 is 9.53 Å². The third kappa shape index (κ3) is 5.56. The lowest BCUT2D eigenvalue weighted by atomic mass is 10.1. The maximum atomic E-state index is 12.7. The fraction of sp³-hybridized carbons (Fsp3) is 0.333. The van der Waals surface area contributed by atoms with Gasteiger partial charge in [0.1, 0.15) is 11.6 Å². The Balaban J connectivity index is 1.48. The van der Waals surface area contributed by atoms with E-state index in [1.807, 2.05) is 48.4 Å². The molecule has 9 heteroatoms. The Kier molecular flexibility index (Phi) is 6.99. The number of piperazine rings is 1. The highest BCUT2D eigenvalue weighted by atomic mass is 16.5. The average Bonchev–Trinajstić information content (AvgIpc) is 2.85. The molecule has 3 aromatic rings. The molecule has 1 aromatic carbocycles. The second-order valence-corrected chi connectivity index (χ2v) is 8.08. The molecule has 0 aliphatic carbocycles. The summed E-state index contributed by atoms with van der Waals surface area (Å²) in [5, 5.41) is 6.33. The Bertz CT molecular complexity index is 1090. The summed E-state index contributed by atoms with van der Waals surface area (Å²) in [5.74, 6) is 1.23. The highest BCUT2D eigenvalue weighted by Crippen LogP contribution is 2.31. The standard InChI is InChI=1S/C24H29N7O2/c1-17(19-5-4-8-25-14-19)27-23-16-26-15-21(28-23)18-6-7-20(22(13-18)33-3)29-24(32)31-11-9-30(2)10-12-31/h4-8,13-17H,9-12H2,1-3H3,(H,27,28)(H,29,32). The minimum Gasteiger partial charge on any atom is -0.495 e. The summed E-state index contributed by atoms with van der Waals surface area (Å²) >= 11 is 0. The molecule has 4 rings (SSSR count). The summed E-state index contributed by atoms with van der Waals surface area (Å²) in [6, 6.07) is 9.43. The number of ether oxygens (including phenoxy) is 1. The summed E-state index contributed by atoms with van der Waals surface area (Å²) in [6.07, 6.45) is 6.98. The van der Waals surface area contributed by atoms with Crippen LogP contribution >= 0.6 is 0 Å². The van der Waals surface area contributed by atoms with Crippen LogP contribution in [0.25, 0.3) is 11.3 Å². The van der Waals surface area contributed by atoms with Crippen molar-refractivity contribution in [2.75, 3.05) is 51.0 Å². The Morgan fingerprint density at radius 3 is 2.64 bits per heavy atom. The summed E-state index contributed by atoms with van der Waals surface area (Å²) in [4.78, 5) is 29.9. The van der Waals surface area contributed by atoms with Crippen LogP contribution in [0, 0.1) is 0 Å². The van der Waals surface area contributed by atoms with Crippen molar-refractivity contribution in [1.82, 2.24) is 24.8 Å². The first-order valence-corrected chi connectivity index (χ1v) is 10.9. The molecule has 9 nitrogen and oxygen atoms in total. The number of carbonyl (C=O) groups is 1. The zero-order valence-corrected chi connectivity index (χ0v) is 19.2. The second kappa shape index (κ2) is 10.3. The number of hydrogen-bond donors (Lipinski definition) is 2. The number of nitrogens with zero attached hydrogens (tertiary/aromatic N) is 5. The lowest BCUT2D eigenvalue weighted by molar-refractivity contribution is 0.164. The average molecular weight is 448 g/mol. The molecule has 2 amide bonds. The Morgan fingerprint density at radius 2 is 1.91 bits per heavy atom. The van der Waals surface area contributed by atoms with Gasteiger partial charge in [0, 0.05) is 44.1 Å². The first-order chi connectivity index (χ1) is 16.0. The van der Waals surface area contributed by atoms with Crippen LogP contribution in [0.5, 0.6) is 5.75 Å². The number of carbonyl (C=O) groups excluding carboxylic acids is 1. The number of hydrogen-bond acceptors (Lipinski definition) is 7. The predicted octanol–water partition coefficient (Wildman–Crippen LogP) is 3.50. The largest absolute Gasteiger partial charge is 0.495 e. The van der Waals surface area contributed by atoms with Crippen LogP contribution < -0.4 is 15.4 Å². The first-order valence-electron chi connectivity index (χ1n) is 10.9. The van der Waals surface area contributed by atoms with Crippen molar-refractivity contribution in [3.8, 4) is 17.0 Å². The molecule has 172 valence electrons. The number of pyridine rings is 1. The maximum Gasteiger partial charge on any atom is 0.322 e. The third-order valence-electron chi connectivity index (χ3n) is 5.71. The zero-order valence-electron chi connectivity index (χ0n) is 19.2. The van der Waals surface area contributed by atoms with E-state index < -0.39 is 0 Å². The van der Waals surface area contributed by atoms with Crippen molar-refractivity contribution in [1.29, 1.82) is 0 Å². The van der Waals surface area contributed by atoms with Crippen molar-refractivity contribution >= 4 is 17.5 Å². The molecule has 1 atom stereocenters. The third-order valence-corrected chi connectivity index (χ3v) is 5.71. The molecule has 1 aliphatic heterocycles.